The van der Waals surface area contributed by atoms with Gasteiger partial charge in [-0.2, -0.15) is 0 Å². The Morgan fingerprint density at radius 3 is 2.56 bits per heavy atom. The number of likely N-dealkylation sites (tertiary alicyclic amines) is 2. The van der Waals surface area contributed by atoms with Gasteiger partial charge in [0.25, 0.3) is 0 Å². The summed E-state index contributed by atoms with van der Waals surface area (Å²) in [5.74, 6) is 0.554. The highest BCUT2D eigenvalue weighted by Gasteiger charge is 2.64. The van der Waals surface area contributed by atoms with Crippen molar-refractivity contribution in [1.29, 1.82) is 0 Å². The molecule has 4 rings (SSSR count). The number of carbonyl (C=O) groups excluding carboxylic acids is 2. The van der Waals surface area contributed by atoms with Crippen LogP contribution in [0.5, 0.6) is 0 Å². The zero-order chi connectivity index (χ0) is 19.2. The Morgan fingerprint density at radius 1 is 1.22 bits per heavy atom. The van der Waals surface area contributed by atoms with Crippen molar-refractivity contribution >= 4 is 23.2 Å². The highest BCUT2D eigenvalue weighted by molar-refractivity contribution is 7.11. The summed E-state index contributed by atoms with van der Waals surface area (Å²) in [4.78, 5) is 32.2. The first kappa shape index (κ1) is 18.9. The molecule has 2 amide bonds. The molecule has 1 aliphatic carbocycles. The molecule has 2 atom stereocenters. The fourth-order valence-corrected chi connectivity index (χ4v) is 6.90. The van der Waals surface area contributed by atoms with Crippen LogP contribution in [-0.2, 0) is 16.1 Å². The molecule has 3 fully saturated rings. The lowest BCUT2D eigenvalue weighted by Crippen LogP contribution is -2.48. The fourth-order valence-electron chi connectivity index (χ4n) is 5.97. The number of hydrogen-bond acceptors (Lipinski definition) is 4. The number of fused-ring (bicyclic) bond motifs is 2. The third kappa shape index (κ3) is 3.11. The molecule has 1 aromatic rings. The third-order valence-electron chi connectivity index (χ3n) is 7.50. The van der Waals surface area contributed by atoms with Gasteiger partial charge in [0.05, 0.1) is 5.41 Å². The Bertz CT molecular complexity index is 738. The number of nitrogens with zero attached hydrogens (tertiary/aromatic N) is 2. The number of nitrogens with one attached hydrogen (secondary N) is 1. The van der Waals surface area contributed by atoms with E-state index in [0.717, 1.165) is 51.9 Å². The molecule has 27 heavy (non-hydrogen) atoms. The molecule has 1 saturated carbocycles. The van der Waals surface area contributed by atoms with E-state index in [0.29, 0.717) is 12.5 Å². The van der Waals surface area contributed by atoms with Crippen LogP contribution >= 0.6 is 11.3 Å². The van der Waals surface area contributed by atoms with Crippen molar-refractivity contribution in [2.45, 2.75) is 46.1 Å². The maximum absolute atomic E-state index is 12.9. The number of rotatable bonds is 3. The van der Waals surface area contributed by atoms with E-state index in [9.17, 15) is 9.59 Å². The number of thiophene rings is 1. The minimum atomic E-state index is -0.368. The minimum Gasteiger partial charge on any atom is -0.359 e. The second-order valence-corrected chi connectivity index (χ2v) is 10.2. The normalized spacial score (nSPS) is 29.9. The summed E-state index contributed by atoms with van der Waals surface area (Å²) < 4.78 is 0. The van der Waals surface area contributed by atoms with Crippen molar-refractivity contribution in [3.8, 4) is 0 Å². The SMILES string of the molecule is CNC(=O)[C@@]12CCC3(CCN(Cc4ccc(C)s4)CC3)[C@@H]1CN(C(C)=O)C2. The van der Waals surface area contributed by atoms with E-state index in [1.54, 1.807) is 14.0 Å². The number of amides is 2. The van der Waals surface area contributed by atoms with Gasteiger partial charge in [0.2, 0.25) is 11.8 Å². The summed E-state index contributed by atoms with van der Waals surface area (Å²) in [6, 6.07) is 4.45. The Hall–Kier alpha value is -1.40. The Labute approximate surface area is 166 Å². The number of hydrogen-bond donors (Lipinski definition) is 1. The molecule has 6 heteroatoms. The fraction of sp³-hybridized carbons (Fsp3) is 0.714. The average Bonchev–Trinajstić information content (AvgIpc) is 3.32. The summed E-state index contributed by atoms with van der Waals surface area (Å²) in [5, 5.41) is 2.91. The molecule has 0 radical (unpaired) electrons. The number of carbonyl (C=O) groups is 2. The summed E-state index contributed by atoms with van der Waals surface area (Å²) >= 11 is 1.89. The molecule has 3 heterocycles. The van der Waals surface area contributed by atoms with Crippen LogP contribution < -0.4 is 5.32 Å². The van der Waals surface area contributed by atoms with Crippen molar-refractivity contribution < 1.29 is 9.59 Å². The van der Waals surface area contributed by atoms with Gasteiger partial charge in [-0.1, -0.05) is 0 Å². The number of aryl methyl sites for hydroxylation is 1. The van der Waals surface area contributed by atoms with Crippen LogP contribution in [0.25, 0.3) is 0 Å². The molecule has 0 bridgehead atoms. The standard InChI is InChI=1S/C21H31N3O2S/c1-15-4-5-17(27-15)12-23-10-8-20(9-11-23)6-7-21(19(26)22-3)14-24(16(2)25)13-18(20)21/h4-5,18H,6-14H2,1-3H3,(H,22,26)/t18-,21+/m0/s1. The van der Waals surface area contributed by atoms with Crippen LogP contribution in [0.15, 0.2) is 12.1 Å². The first-order chi connectivity index (χ1) is 12.9. The smallest absolute Gasteiger partial charge is 0.228 e. The lowest BCUT2D eigenvalue weighted by Gasteiger charge is -2.44. The molecule has 2 aliphatic heterocycles. The van der Waals surface area contributed by atoms with Crippen molar-refractivity contribution in [2.75, 3.05) is 33.2 Å². The quantitative estimate of drug-likeness (QED) is 0.865. The first-order valence-electron chi connectivity index (χ1n) is 10.1. The van der Waals surface area contributed by atoms with Gasteiger partial charge >= 0.3 is 0 Å². The highest BCUT2D eigenvalue weighted by atomic mass is 32.1. The Morgan fingerprint density at radius 2 is 1.96 bits per heavy atom. The molecule has 148 valence electrons. The second-order valence-electron chi connectivity index (χ2n) is 8.84. The van der Waals surface area contributed by atoms with E-state index in [1.165, 1.54) is 9.75 Å². The van der Waals surface area contributed by atoms with E-state index in [4.69, 9.17) is 0 Å². The molecule has 2 saturated heterocycles. The van der Waals surface area contributed by atoms with Crippen LogP contribution in [0.2, 0.25) is 0 Å². The molecule has 5 nitrogen and oxygen atoms in total. The summed E-state index contributed by atoms with van der Waals surface area (Å²) in [6.07, 6.45) is 4.34. The average molecular weight is 390 g/mol. The zero-order valence-corrected chi connectivity index (χ0v) is 17.5. The maximum Gasteiger partial charge on any atom is 0.228 e. The topological polar surface area (TPSA) is 52.7 Å². The Kier molecular flexibility index (Phi) is 4.83. The van der Waals surface area contributed by atoms with Gasteiger partial charge in [-0.3, -0.25) is 14.5 Å². The van der Waals surface area contributed by atoms with Gasteiger partial charge in [-0.15, -0.1) is 11.3 Å². The molecular formula is C21H31N3O2S. The van der Waals surface area contributed by atoms with Gasteiger partial charge in [0, 0.05) is 43.4 Å². The summed E-state index contributed by atoms with van der Waals surface area (Å²) in [7, 11) is 1.74. The molecule has 0 aromatic carbocycles. The third-order valence-corrected chi connectivity index (χ3v) is 8.49. The molecule has 1 aromatic heterocycles. The van der Waals surface area contributed by atoms with E-state index in [2.05, 4.69) is 29.3 Å². The minimum absolute atomic E-state index is 0.105. The van der Waals surface area contributed by atoms with E-state index in [-0.39, 0.29) is 22.6 Å². The van der Waals surface area contributed by atoms with Crippen molar-refractivity contribution in [3.63, 3.8) is 0 Å². The van der Waals surface area contributed by atoms with Gasteiger partial charge in [0.1, 0.15) is 0 Å². The molecule has 3 aliphatic rings. The summed E-state index contributed by atoms with van der Waals surface area (Å²) in [5.41, 5.74) is -0.147. The Balaban J connectivity index is 1.49. The summed E-state index contributed by atoms with van der Waals surface area (Å²) in [6.45, 7) is 8.39. The zero-order valence-electron chi connectivity index (χ0n) is 16.7. The largest absolute Gasteiger partial charge is 0.359 e. The van der Waals surface area contributed by atoms with Crippen LogP contribution in [0.3, 0.4) is 0 Å². The lowest BCUT2D eigenvalue weighted by molar-refractivity contribution is -0.133. The predicted octanol–water partition coefficient (Wildman–Crippen LogP) is 2.64. The van der Waals surface area contributed by atoms with Gasteiger partial charge in [-0.25, -0.2) is 0 Å². The lowest BCUT2D eigenvalue weighted by atomic mass is 9.65. The van der Waals surface area contributed by atoms with Crippen molar-refractivity contribution in [1.82, 2.24) is 15.1 Å². The first-order valence-corrected chi connectivity index (χ1v) is 11.0. The molecule has 1 N–H and O–H groups in total. The monoisotopic (exact) mass is 389 g/mol. The highest BCUT2D eigenvalue weighted by Crippen LogP contribution is 2.62. The van der Waals surface area contributed by atoms with Crippen LogP contribution in [0, 0.1) is 23.7 Å². The van der Waals surface area contributed by atoms with Crippen molar-refractivity contribution in [3.05, 3.63) is 21.9 Å². The van der Waals surface area contributed by atoms with Crippen LogP contribution in [0.4, 0.5) is 0 Å². The van der Waals surface area contributed by atoms with E-state index < -0.39 is 0 Å². The van der Waals surface area contributed by atoms with Crippen LogP contribution in [-0.4, -0.2) is 54.8 Å². The number of piperidine rings is 1. The van der Waals surface area contributed by atoms with E-state index in [1.807, 2.05) is 16.2 Å². The van der Waals surface area contributed by atoms with E-state index >= 15 is 0 Å². The van der Waals surface area contributed by atoms with Gasteiger partial charge < -0.3 is 10.2 Å². The molecule has 0 unspecified atom stereocenters. The second kappa shape index (κ2) is 6.89. The van der Waals surface area contributed by atoms with Crippen LogP contribution in [0.1, 0.15) is 42.4 Å². The maximum atomic E-state index is 12.9. The van der Waals surface area contributed by atoms with Gasteiger partial charge in [-0.05, 0) is 69.2 Å². The predicted molar refractivity (Wildman–Crippen MR) is 107 cm³/mol. The molecule has 1 spiro atoms. The van der Waals surface area contributed by atoms with Gasteiger partial charge in [0.15, 0.2) is 0 Å². The molecular weight excluding hydrogens is 358 g/mol. The van der Waals surface area contributed by atoms with Crippen molar-refractivity contribution in [2.24, 2.45) is 16.7 Å².